The van der Waals surface area contributed by atoms with Gasteiger partial charge in [0, 0.05) is 49.3 Å². The minimum absolute atomic E-state index is 0.675. The number of methoxy groups -OCH3 is 2. The summed E-state index contributed by atoms with van der Waals surface area (Å²) >= 11 is 0. The van der Waals surface area contributed by atoms with Crippen LogP contribution in [0.25, 0.3) is 16.9 Å². The van der Waals surface area contributed by atoms with Gasteiger partial charge >= 0.3 is 0 Å². The predicted octanol–water partition coefficient (Wildman–Crippen LogP) is 4.29. The van der Waals surface area contributed by atoms with Gasteiger partial charge in [-0.2, -0.15) is 0 Å². The Hall–Kier alpha value is -3.82. The number of ether oxygens (including phenoxy) is 3. The molecule has 0 spiro atoms. The second-order valence-corrected chi connectivity index (χ2v) is 8.62. The monoisotopic (exact) mass is 488 g/mol. The van der Waals surface area contributed by atoms with Crippen LogP contribution in [-0.4, -0.2) is 72.9 Å². The Morgan fingerprint density at radius 1 is 1.00 bits per heavy atom. The average Bonchev–Trinajstić information content (AvgIpc) is 3.41. The summed E-state index contributed by atoms with van der Waals surface area (Å²) in [5.41, 5.74) is 4.45. The van der Waals surface area contributed by atoms with Crippen LogP contribution in [0.15, 0.2) is 60.9 Å². The Bertz CT molecular complexity index is 1280. The van der Waals surface area contributed by atoms with Crippen LogP contribution in [0.2, 0.25) is 0 Å². The van der Waals surface area contributed by atoms with E-state index in [9.17, 15) is 0 Å². The van der Waals surface area contributed by atoms with Gasteiger partial charge in [0.25, 0.3) is 0 Å². The molecule has 36 heavy (non-hydrogen) atoms. The molecular weight excluding hydrogens is 456 g/mol. The third-order valence-electron chi connectivity index (χ3n) is 6.30. The van der Waals surface area contributed by atoms with Crippen LogP contribution in [0.4, 0.5) is 17.3 Å². The topological polar surface area (TPSA) is 85.2 Å². The third kappa shape index (κ3) is 5.53. The molecule has 0 saturated carbocycles. The van der Waals surface area contributed by atoms with Crippen molar-refractivity contribution < 1.29 is 14.2 Å². The van der Waals surface area contributed by atoms with Crippen LogP contribution in [0.1, 0.15) is 6.42 Å². The molecule has 3 heterocycles. The quantitative estimate of drug-likeness (QED) is 0.320. The Morgan fingerprint density at radius 3 is 2.61 bits per heavy atom. The molecule has 0 atom stereocenters. The number of nitrogens with zero attached hydrogens (tertiary/aromatic N) is 4. The summed E-state index contributed by atoms with van der Waals surface area (Å²) in [6.45, 7) is 5.63. The predicted molar refractivity (Wildman–Crippen MR) is 142 cm³/mol. The maximum atomic E-state index is 5.71. The van der Waals surface area contributed by atoms with E-state index in [1.54, 1.807) is 20.4 Å². The number of rotatable bonds is 10. The molecule has 9 heteroatoms. The zero-order valence-corrected chi connectivity index (χ0v) is 20.7. The van der Waals surface area contributed by atoms with E-state index in [1.807, 2.05) is 47.0 Å². The van der Waals surface area contributed by atoms with E-state index in [-0.39, 0.29) is 0 Å². The molecule has 1 saturated heterocycles. The zero-order chi connectivity index (χ0) is 24.7. The normalized spacial score (nSPS) is 14.1. The lowest BCUT2D eigenvalue weighted by molar-refractivity contribution is 0.0378. The summed E-state index contributed by atoms with van der Waals surface area (Å²) in [7, 11) is 3.35. The van der Waals surface area contributed by atoms with Crippen molar-refractivity contribution in [1.82, 2.24) is 19.3 Å². The Balaban J connectivity index is 1.32. The number of nitrogens with one attached hydrogen (secondary N) is 2. The lowest BCUT2D eigenvalue weighted by atomic mass is 10.1. The summed E-state index contributed by atoms with van der Waals surface area (Å²) in [6, 6.07) is 15.8. The van der Waals surface area contributed by atoms with Crippen LogP contribution in [0.3, 0.4) is 0 Å². The lowest BCUT2D eigenvalue weighted by Crippen LogP contribution is -2.37. The van der Waals surface area contributed by atoms with Crippen molar-refractivity contribution >= 4 is 23.0 Å². The highest BCUT2D eigenvalue weighted by molar-refractivity contribution is 5.72. The first-order chi connectivity index (χ1) is 17.7. The molecule has 0 bridgehead atoms. The number of benzene rings is 2. The largest absolute Gasteiger partial charge is 0.497 e. The van der Waals surface area contributed by atoms with Crippen LogP contribution >= 0.6 is 0 Å². The van der Waals surface area contributed by atoms with E-state index in [4.69, 9.17) is 19.2 Å². The van der Waals surface area contributed by atoms with Gasteiger partial charge in [-0.05, 0) is 49.4 Å². The highest BCUT2D eigenvalue weighted by atomic mass is 16.5. The molecule has 2 aromatic heterocycles. The van der Waals surface area contributed by atoms with Crippen molar-refractivity contribution in [3.8, 4) is 22.8 Å². The second kappa shape index (κ2) is 11.3. The fraction of sp³-hybridized carbons (Fsp3) is 0.333. The standard InChI is InChI=1S/C27H32N6O3/c1-34-22-7-5-21(6-8-22)30-27-31-24(19-26-29-11-13-33(26)27)20-4-9-23(25(18-20)35-2)28-10-3-12-32-14-16-36-17-15-32/h4-9,11,13,18-19,28H,3,10,12,14-17H2,1-2H3,(H,30,31). The number of hydrogen-bond donors (Lipinski definition) is 2. The van der Waals surface area contributed by atoms with Crippen LogP contribution < -0.4 is 20.1 Å². The van der Waals surface area contributed by atoms with Gasteiger partial charge in [-0.1, -0.05) is 6.07 Å². The van der Waals surface area contributed by atoms with Crippen molar-refractivity contribution in [3.63, 3.8) is 0 Å². The van der Waals surface area contributed by atoms with E-state index in [1.165, 1.54) is 0 Å². The number of fused-ring (bicyclic) bond motifs is 1. The minimum atomic E-state index is 0.675. The molecule has 188 valence electrons. The van der Waals surface area contributed by atoms with Crippen LogP contribution in [0.5, 0.6) is 11.5 Å². The number of hydrogen-bond acceptors (Lipinski definition) is 8. The molecule has 1 aliphatic rings. The van der Waals surface area contributed by atoms with Gasteiger partial charge < -0.3 is 24.8 Å². The Labute approximate surface area is 211 Å². The summed E-state index contributed by atoms with van der Waals surface area (Å²) in [5, 5.41) is 6.92. The second-order valence-electron chi connectivity index (χ2n) is 8.62. The minimum Gasteiger partial charge on any atom is -0.497 e. The molecular formula is C27H32N6O3. The van der Waals surface area contributed by atoms with Gasteiger partial charge in [-0.3, -0.25) is 9.30 Å². The van der Waals surface area contributed by atoms with Crippen molar-refractivity contribution in [1.29, 1.82) is 0 Å². The maximum absolute atomic E-state index is 5.71. The first kappa shape index (κ1) is 23.9. The summed E-state index contributed by atoms with van der Waals surface area (Å²) < 4.78 is 18.3. The van der Waals surface area contributed by atoms with Crippen molar-refractivity contribution in [2.75, 3.05) is 64.2 Å². The molecule has 4 aromatic rings. The Kier molecular flexibility index (Phi) is 7.49. The first-order valence-corrected chi connectivity index (χ1v) is 12.2. The fourth-order valence-electron chi connectivity index (χ4n) is 4.31. The zero-order valence-electron chi connectivity index (χ0n) is 20.7. The SMILES string of the molecule is COc1ccc(Nc2nc(-c3ccc(NCCCN4CCOCC4)c(OC)c3)cc3nccn23)cc1. The molecule has 2 N–H and O–H groups in total. The molecule has 0 radical (unpaired) electrons. The number of imidazole rings is 1. The van der Waals surface area contributed by atoms with E-state index in [2.05, 4.69) is 32.7 Å². The number of aromatic nitrogens is 3. The molecule has 1 aliphatic heterocycles. The highest BCUT2D eigenvalue weighted by Crippen LogP contribution is 2.31. The van der Waals surface area contributed by atoms with Crippen molar-refractivity contribution in [3.05, 3.63) is 60.9 Å². The number of anilines is 3. The molecule has 1 fully saturated rings. The van der Waals surface area contributed by atoms with Gasteiger partial charge in [-0.15, -0.1) is 0 Å². The van der Waals surface area contributed by atoms with Gasteiger partial charge in [0.2, 0.25) is 5.95 Å². The number of morpholine rings is 1. The summed E-state index contributed by atoms with van der Waals surface area (Å²) in [6.07, 6.45) is 4.72. The van der Waals surface area contributed by atoms with E-state index >= 15 is 0 Å². The van der Waals surface area contributed by atoms with Crippen LogP contribution in [0, 0.1) is 0 Å². The van der Waals surface area contributed by atoms with E-state index in [0.717, 1.165) is 85.6 Å². The third-order valence-corrected chi connectivity index (χ3v) is 6.30. The van der Waals surface area contributed by atoms with Crippen LogP contribution in [-0.2, 0) is 4.74 Å². The smallest absolute Gasteiger partial charge is 0.213 e. The average molecular weight is 489 g/mol. The lowest BCUT2D eigenvalue weighted by Gasteiger charge is -2.26. The molecule has 2 aromatic carbocycles. The summed E-state index contributed by atoms with van der Waals surface area (Å²) in [4.78, 5) is 11.8. The molecule has 0 unspecified atom stereocenters. The Morgan fingerprint density at radius 2 is 1.83 bits per heavy atom. The molecule has 5 rings (SSSR count). The fourth-order valence-corrected chi connectivity index (χ4v) is 4.31. The van der Waals surface area contributed by atoms with Gasteiger partial charge in [-0.25, -0.2) is 9.97 Å². The van der Waals surface area contributed by atoms with E-state index in [0.29, 0.717) is 5.95 Å². The molecule has 0 amide bonds. The van der Waals surface area contributed by atoms with Gasteiger partial charge in [0.15, 0.2) is 0 Å². The van der Waals surface area contributed by atoms with Gasteiger partial charge in [0.1, 0.15) is 17.1 Å². The molecule has 9 nitrogen and oxygen atoms in total. The highest BCUT2D eigenvalue weighted by Gasteiger charge is 2.13. The molecule has 0 aliphatic carbocycles. The first-order valence-electron chi connectivity index (χ1n) is 12.2. The van der Waals surface area contributed by atoms with Crippen molar-refractivity contribution in [2.24, 2.45) is 0 Å². The van der Waals surface area contributed by atoms with E-state index < -0.39 is 0 Å². The van der Waals surface area contributed by atoms with Crippen molar-refractivity contribution in [2.45, 2.75) is 6.42 Å². The maximum Gasteiger partial charge on any atom is 0.213 e. The van der Waals surface area contributed by atoms with Gasteiger partial charge in [0.05, 0.1) is 38.8 Å². The summed E-state index contributed by atoms with van der Waals surface area (Å²) in [5.74, 6) is 2.26.